The van der Waals surface area contributed by atoms with Crippen LogP contribution in [0.25, 0.3) is 10.6 Å². The first-order valence-electron chi connectivity index (χ1n) is 8.67. The topological polar surface area (TPSA) is 42.4 Å². The largest absolute Gasteiger partial charge is 0.374 e. The van der Waals surface area contributed by atoms with E-state index in [1.807, 2.05) is 41.5 Å². The van der Waals surface area contributed by atoms with E-state index in [0.29, 0.717) is 13.2 Å². The summed E-state index contributed by atoms with van der Waals surface area (Å²) in [7, 11) is 0. The standard InChI is InChI=1S/C19H22N2O2S/c1-13-12-24-18(20-13)14-5-4-6-15(11-14)19(22)21-9-10-23-17-8-3-2-7-16(17)21/h4-6,11-12,16-17H,2-3,7-10H2,1H3. The van der Waals surface area contributed by atoms with Crippen molar-refractivity contribution in [2.75, 3.05) is 13.2 Å². The van der Waals surface area contributed by atoms with Crippen molar-refractivity contribution < 1.29 is 9.53 Å². The third-order valence-corrected chi connectivity index (χ3v) is 5.98. The smallest absolute Gasteiger partial charge is 0.254 e. The van der Waals surface area contributed by atoms with Gasteiger partial charge in [-0.1, -0.05) is 25.0 Å². The Balaban J connectivity index is 1.60. The predicted octanol–water partition coefficient (Wildman–Crippen LogP) is 3.90. The summed E-state index contributed by atoms with van der Waals surface area (Å²) in [6.07, 6.45) is 4.75. The Morgan fingerprint density at radius 1 is 1.33 bits per heavy atom. The molecule has 1 aliphatic heterocycles. The first-order valence-corrected chi connectivity index (χ1v) is 9.55. The molecule has 1 amide bonds. The zero-order valence-corrected chi connectivity index (χ0v) is 14.7. The average Bonchev–Trinajstić information content (AvgIpc) is 3.07. The van der Waals surface area contributed by atoms with Crippen LogP contribution >= 0.6 is 11.3 Å². The molecule has 2 heterocycles. The molecule has 1 aliphatic carbocycles. The van der Waals surface area contributed by atoms with Crippen LogP contribution in [0.2, 0.25) is 0 Å². The van der Waals surface area contributed by atoms with Crippen LogP contribution in [-0.4, -0.2) is 41.1 Å². The molecule has 2 unspecified atom stereocenters. The van der Waals surface area contributed by atoms with E-state index in [1.54, 1.807) is 11.3 Å². The van der Waals surface area contributed by atoms with Crippen molar-refractivity contribution in [2.45, 2.75) is 44.8 Å². The van der Waals surface area contributed by atoms with E-state index >= 15 is 0 Å². The minimum absolute atomic E-state index is 0.130. The molecule has 24 heavy (non-hydrogen) atoms. The molecule has 126 valence electrons. The average molecular weight is 342 g/mol. The Bertz CT molecular complexity index is 740. The second-order valence-corrected chi connectivity index (χ2v) is 7.49. The lowest BCUT2D eigenvalue weighted by Gasteiger charge is -2.43. The molecule has 0 spiro atoms. The highest BCUT2D eigenvalue weighted by Crippen LogP contribution is 2.30. The SMILES string of the molecule is Cc1csc(-c2cccc(C(=O)N3CCOC4CCCCC43)c2)n1. The number of carbonyl (C=O) groups is 1. The van der Waals surface area contributed by atoms with Gasteiger partial charge in [-0.2, -0.15) is 0 Å². The lowest BCUT2D eigenvalue weighted by atomic mass is 9.89. The zero-order chi connectivity index (χ0) is 16.5. The summed E-state index contributed by atoms with van der Waals surface area (Å²) < 4.78 is 5.89. The van der Waals surface area contributed by atoms with Crippen LogP contribution in [0.15, 0.2) is 29.6 Å². The first kappa shape index (κ1) is 15.8. The Morgan fingerprint density at radius 2 is 2.21 bits per heavy atom. The fourth-order valence-electron chi connectivity index (χ4n) is 3.79. The number of thiazole rings is 1. The molecule has 1 saturated carbocycles. The van der Waals surface area contributed by atoms with Crippen LogP contribution in [0.1, 0.15) is 41.7 Å². The van der Waals surface area contributed by atoms with Gasteiger partial charge in [0.15, 0.2) is 0 Å². The van der Waals surface area contributed by atoms with E-state index in [1.165, 1.54) is 12.8 Å². The molecule has 1 aromatic carbocycles. The predicted molar refractivity (Wildman–Crippen MR) is 95.3 cm³/mol. The molecule has 2 aliphatic rings. The molecule has 0 N–H and O–H groups in total. The highest BCUT2D eigenvalue weighted by Gasteiger charge is 2.36. The van der Waals surface area contributed by atoms with Gasteiger partial charge in [0, 0.05) is 28.7 Å². The Kier molecular flexibility index (Phi) is 4.37. The first-order chi connectivity index (χ1) is 11.7. The maximum absolute atomic E-state index is 13.1. The normalized spacial score (nSPS) is 23.8. The van der Waals surface area contributed by atoms with E-state index in [4.69, 9.17) is 4.74 Å². The van der Waals surface area contributed by atoms with Gasteiger partial charge in [-0.15, -0.1) is 11.3 Å². The van der Waals surface area contributed by atoms with Crippen molar-refractivity contribution in [1.82, 2.24) is 9.88 Å². The number of ether oxygens (including phenoxy) is 1. The highest BCUT2D eigenvalue weighted by molar-refractivity contribution is 7.13. The van der Waals surface area contributed by atoms with Crippen molar-refractivity contribution in [1.29, 1.82) is 0 Å². The summed E-state index contributed by atoms with van der Waals surface area (Å²) in [5.74, 6) is 0.130. The van der Waals surface area contributed by atoms with Gasteiger partial charge in [-0.25, -0.2) is 4.98 Å². The molecule has 1 saturated heterocycles. The van der Waals surface area contributed by atoms with Gasteiger partial charge in [-0.3, -0.25) is 4.79 Å². The van der Waals surface area contributed by atoms with Crippen LogP contribution < -0.4 is 0 Å². The maximum Gasteiger partial charge on any atom is 0.254 e. The van der Waals surface area contributed by atoms with Crippen molar-refractivity contribution in [3.05, 3.63) is 40.9 Å². The summed E-state index contributed by atoms with van der Waals surface area (Å²) in [6, 6.07) is 8.12. The quantitative estimate of drug-likeness (QED) is 0.831. The van der Waals surface area contributed by atoms with E-state index in [0.717, 1.165) is 34.7 Å². The van der Waals surface area contributed by atoms with Crippen LogP contribution in [0, 0.1) is 6.92 Å². The maximum atomic E-state index is 13.1. The molecule has 0 bridgehead atoms. The second kappa shape index (κ2) is 6.65. The van der Waals surface area contributed by atoms with E-state index in [2.05, 4.69) is 4.98 Å². The summed E-state index contributed by atoms with van der Waals surface area (Å²) in [5.41, 5.74) is 2.80. The summed E-state index contributed by atoms with van der Waals surface area (Å²) in [6.45, 7) is 3.34. The molecule has 1 aromatic heterocycles. The van der Waals surface area contributed by atoms with Gasteiger partial charge in [-0.05, 0) is 31.9 Å². The summed E-state index contributed by atoms with van der Waals surface area (Å²) in [4.78, 5) is 19.7. The number of carbonyl (C=O) groups excluding carboxylic acids is 1. The van der Waals surface area contributed by atoms with Gasteiger partial charge >= 0.3 is 0 Å². The van der Waals surface area contributed by atoms with Crippen LogP contribution in [-0.2, 0) is 4.74 Å². The van der Waals surface area contributed by atoms with Gasteiger partial charge in [0.1, 0.15) is 5.01 Å². The lowest BCUT2D eigenvalue weighted by molar-refractivity contribution is -0.0752. The number of hydrogen-bond donors (Lipinski definition) is 0. The zero-order valence-electron chi connectivity index (χ0n) is 13.9. The monoisotopic (exact) mass is 342 g/mol. The number of nitrogens with zero attached hydrogens (tertiary/aromatic N) is 2. The van der Waals surface area contributed by atoms with Crippen molar-refractivity contribution in [3.8, 4) is 10.6 Å². The number of benzene rings is 1. The molecule has 0 radical (unpaired) electrons. The summed E-state index contributed by atoms with van der Waals surface area (Å²) in [5, 5.41) is 3.01. The van der Waals surface area contributed by atoms with Crippen LogP contribution in [0.4, 0.5) is 0 Å². The molecule has 2 fully saturated rings. The number of aryl methyl sites for hydroxylation is 1. The van der Waals surface area contributed by atoms with E-state index in [-0.39, 0.29) is 18.1 Å². The molecule has 2 aromatic rings. The number of hydrogen-bond acceptors (Lipinski definition) is 4. The van der Waals surface area contributed by atoms with E-state index in [9.17, 15) is 4.79 Å². The van der Waals surface area contributed by atoms with Gasteiger partial charge in [0.05, 0.1) is 18.8 Å². The Hall–Kier alpha value is -1.72. The number of amides is 1. The van der Waals surface area contributed by atoms with E-state index < -0.39 is 0 Å². The molecule has 4 rings (SSSR count). The van der Waals surface area contributed by atoms with Crippen LogP contribution in [0.3, 0.4) is 0 Å². The minimum Gasteiger partial charge on any atom is -0.374 e. The minimum atomic E-state index is 0.130. The molecular weight excluding hydrogens is 320 g/mol. The molecule has 5 heteroatoms. The molecule has 4 nitrogen and oxygen atoms in total. The lowest BCUT2D eigenvalue weighted by Crippen LogP contribution is -2.54. The van der Waals surface area contributed by atoms with Gasteiger partial charge in [0.25, 0.3) is 5.91 Å². The van der Waals surface area contributed by atoms with Crippen molar-refractivity contribution in [2.24, 2.45) is 0 Å². The third-order valence-electron chi connectivity index (χ3n) is 4.97. The number of fused-ring (bicyclic) bond motifs is 1. The fourth-order valence-corrected chi connectivity index (χ4v) is 4.58. The highest BCUT2D eigenvalue weighted by atomic mass is 32.1. The number of morpholine rings is 1. The van der Waals surface area contributed by atoms with Crippen LogP contribution in [0.5, 0.6) is 0 Å². The Morgan fingerprint density at radius 3 is 3.04 bits per heavy atom. The summed E-state index contributed by atoms with van der Waals surface area (Å²) >= 11 is 1.62. The fraction of sp³-hybridized carbons (Fsp3) is 0.474. The van der Waals surface area contributed by atoms with Crippen molar-refractivity contribution >= 4 is 17.2 Å². The number of aromatic nitrogens is 1. The molecular formula is C19H22N2O2S. The second-order valence-electron chi connectivity index (χ2n) is 6.63. The van der Waals surface area contributed by atoms with Crippen molar-refractivity contribution in [3.63, 3.8) is 0 Å². The van der Waals surface area contributed by atoms with Gasteiger partial charge in [0.2, 0.25) is 0 Å². The third kappa shape index (κ3) is 2.98. The number of rotatable bonds is 2. The molecule has 2 atom stereocenters. The van der Waals surface area contributed by atoms with Gasteiger partial charge < -0.3 is 9.64 Å². The Labute approximate surface area is 146 Å².